The fourth-order valence-electron chi connectivity index (χ4n) is 2.54. The van der Waals surface area contributed by atoms with Gasteiger partial charge in [0.1, 0.15) is 0 Å². The molecule has 0 aromatic carbocycles. The Morgan fingerprint density at radius 1 is 1.47 bits per heavy atom. The third-order valence-corrected chi connectivity index (χ3v) is 4.72. The van der Waals surface area contributed by atoms with E-state index >= 15 is 0 Å². The lowest BCUT2D eigenvalue weighted by atomic mass is 10.2. The van der Waals surface area contributed by atoms with Gasteiger partial charge in [0.25, 0.3) is 0 Å². The maximum absolute atomic E-state index is 4.05. The summed E-state index contributed by atoms with van der Waals surface area (Å²) in [7, 11) is 0. The van der Waals surface area contributed by atoms with Gasteiger partial charge in [0, 0.05) is 30.2 Å². The van der Waals surface area contributed by atoms with E-state index in [9.17, 15) is 0 Å². The van der Waals surface area contributed by atoms with Crippen molar-refractivity contribution in [3.8, 4) is 0 Å². The molecule has 1 aromatic rings. The Balaban J connectivity index is 1.61. The van der Waals surface area contributed by atoms with Gasteiger partial charge in [-0.2, -0.15) is 11.8 Å². The van der Waals surface area contributed by atoms with Gasteiger partial charge in [-0.3, -0.25) is 0 Å². The highest BCUT2D eigenvalue weighted by Crippen LogP contribution is 2.29. The first-order valence-corrected chi connectivity index (χ1v) is 7.75. The molecule has 2 atom stereocenters. The molecule has 1 fully saturated rings. The van der Waals surface area contributed by atoms with Crippen LogP contribution < -0.4 is 5.32 Å². The minimum atomic E-state index is 0.753. The molecule has 1 N–H and O–H groups in total. The van der Waals surface area contributed by atoms with E-state index in [2.05, 4.69) is 33.6 Å². The van der Waals surface area contributed by atoms with Gasteiger partial charge in [-0.25, -0.2) is 4.98 Å². The van der Waals surface area contributed by atoms with Gasteiger partial charge < -0.3 is 9.88 Å². The number of aryl methyl sites for hydroxylation is 1. The first-order chi connectivity index (χ1) is 8.40. The molecular formula is C13H23N3S. The molecule has 17 heavy (non-hydrogen) atoms. The number of nitrogens with zero attached hydrogens (tertiary/aromatic N) is 2. The lowest BCUT2D eigenvalue weighted by Gasteiger charge is -2.20. The second kappa shape index (κ2) is 7.07. The molecule has 3 nitrogen and oxygen atoms in total. The fourth-order valence-corrected chi connectivity index (χ4v) is 3.77. The normalized spacial score (nSPS) is 24.3. The maximum atomic E-state index is 4.05. The van der Waals surface area contributed by atoms with E-state index < -0.39 is 0 Å². The van der Waals surface area contributed by atoms with Crippen molar-refractivity contribution in [2.75, 3.05) is 12.3 Å². The zero-order valence-electron chi connectivity index (χ0n) is 10.6. The highest BCUT2D eigenvalue weighted by atomic mass is 32.2. The summed E-state index contributed by atoms with van der Waals surface area (Å²) >= 11 is 2.13. The molecule has 0 unspecified atom stereocenters. The Labute approximate surface area is 108 Å². The minimum absolute atomic E-state index is 0.753. The van der Waals surface area contributed by atoms with Crippen molar-refractivity contribution in [2.45, 2.75) is 50.4 Å². The van der Waals surface area contributed by atoms with E-state index in [0.29, 0.717) is 0 Å². The number of hydrogen-bond acceptors (Lipinski definition) is 3. The van der Waals surface area contributed by atoms with Gasteiger partial charge in [-0.05, 0) is 31.6 Å². The van der Waals surface area contributed by atoms with Gasteiger partial charge >= 0.3 is 0 Å². The highest BCUT2D eigenvalue weighted by molar-refractivity contribution is 7.99. The number of nitrogens with one attached hydrogen (secondary N) is 1. The van der Waals surface area contributed by atoms with E-state index in [1.165, 1.54) is 31.4 Å². The minimum Gasteiger partial charge on any atom is -0.337 e. The lowest BCUT2D eigenvalue weighted by molar-refractivity contribution is 0.501. The predicted octanol–water partition coefficient (Wildman–Crippen LogP) is 2.54. The average molecular weight is 253 g/mol. The van der Waals surface area contributed by atoms with Gasteiger partial charge in [0.05, 0.1) is 6.33 Å². The van der Waals surface area contributed by atoms with E-state index in [-0.39, 0.29) is 0 Å². The van der Waals surface area contributed by atoms with Gasteiger partial charge in [-0.1, -0.05) is 13.3 Å². The van der Waals surface area contributed by atoms with Crippen molar-refractivity contribution in [3.63, 3.8) is 0 Å². The monoisotopic (exact) mass is 253 g/mol. The van der Waals surface area contributed by atoms with Crippen LogP contribution in [0.15, 0.2) is 18.7 Å². The van der Waals surface area contributed by atoms with Gasteiger partial charge in [0.15, 0.2) is 0 Å². The van der Waals surface area contributed by atoms with Crippen LogP contribution in [-0.4, -0.2) is 33.1 Å². The Morgan fingerprint density at radius 2 is 2.41 bits per heavy atom. The highest BCUT2D eigenvalue weighted by Gasteiger charge is 2.26. The van der Waals surface area contributed by atoms with Crippen LogP contribution in [-0.2, 0) is 6.54 Å². The first kappa shape index (κ1) is 13.0. The summed E-state index contributed by atoms with van der Waals surface area (Å²) in [5, 5.41) is 4.58. The van der Waals surface area contributed by atoms with Crippen molar-refractivity contribution in [3.05, 3.63) is 18.7 Å². The SMILES string of the molecule is CCS[C@H]1CCC[C@H]1NCCCn1ccnc1. The summed E-state index contributed by atoms with van der Waals surface area (Å²) in [6.07, 6.45) is 11.1. The molecule has 1 aromatic heterocycles. The number of imidazole rings is 1. The van der Waals surface area contributed by atoms with Crippen molar-refractivity contribution in [1.82, 2.24) is 14.9 Å². The standard InChI is InChI=1S/C13H23N3S/c1-2-17-13-6-3-5-12(13)15-7-4-9-16-10-8-14-11-16/h8,10-13,15H,2-7,9H2,1H3/t12-,13+/m1/s1. The fraction of sp³-hybridized carbons (Fsp3) is 0.769. The zero-order chi connectivity index (χ0) is 11.9. The predicted molar refractivity (Wildman–Crippen MR) is 74.4 cm³/mol. The summed E-state index contributed by atoms with van der Waals surface area (Å²) in [6.45, 7) is 4.47. The van der Waals surface area contributed by atoms with Crippen LogP contribution in [0.1, 0.15) is 32.6 Å². The summed E-state index contributed by atoms with van der Waals surface area (Å²) in [5.74, 6) is 1.25. The zero-order valence-corrected chi connectivity index (χ0v) is 11.5. The third kappa shape index (κ3) is 4.03. The second-order valence-electron chi connectivity index (χ2n) is 4.64. The summed E-state index contributed by atoms with van der Waals surface area (Å²) in [6, 6.07) is 0.753. The number of rotatable bonds is 7. The second-order valence-corrected chi connectivity index (χ2v) is 6.16. The molecule has 0 bridgehead atoms. The van der Waals surface area contributed by atoms with Crippen LogP contribution in [0.3, 0.4) is 0 Å². The lowest BCUT2D eigenvalue weighted by Crippen LogP contribution is -2.35. The summed E-state index contributed by atoms with van der Waals surface area (Å²) in [4.78, 5) is 4.05. The molecule has 1 saturated carbocycles. The van der Waals surface area contributed by atoms with Crippen LogP contribution in [0.25, 0.3) is 0 Å². The van der Waals surface area contributed by atoms with Crippen molar-refractivity contribution in [2.24, 2.45) is 0 Å². The van der Waals surface area contributed by atoms with Gasteiger partial charge in [-0.15, -0.1) is 0 Å². The first-order valence-electron chi connectivity index (χ1n) is 6.71. The molecule has 0 radical (unpaired) electrons. The molecule has 0 spiro atoms. The number of thioether (sulfide) groups is 1. The summed E-state index contributed by atoms with van der Waals surface area (Å²) < 4.78 is 2.15. The van der Waals surface area contributed by atoms with Crippen molar-refractivity contribution < 1.29 is 0 Å². The topological polar surface area (TPSA) is 29.9 Å². The Morgan fingerprint density at radius 3 is 3.18 bits per heavy atom. The molecule has 0 amide bonds. The molecular weight excluding hydrogens is 230 g/mol. The molecule has 1 heterocycles. The number of aromatic nitrogens is 2. The van der Waals surface area contributed by atoms with Crippen LogP contribution in [0.2, 0.25) is 0 Å². The van der Waals surface area contributed by atoms with Gasteiger partial charge in [0.2, 0.25) is 0 Å². The average Bonchev–Trinajstić information content (AvgIpc) is 2.96. The smallest absolute Gasteiger partial charge is 0.0945 e. The van der Waals surface area contributed by atoms with Crippen molar-refractivity contribution >= 4 is 11.8 Å². The largest absolute Gasteiger partial charge is 0.337 e. The molecule has 4 heteroatoms. The maximum Gasteiger partial charge on any atom is 0.0945 e. The Bertz CT molecular complexity index is 300. The van der Waals surface area contributed by atoms with Crippen molar-refractivity contribution in [1.29, 1.82) is 0 Å². The van der Waals surface area contributed by atoms with E-state index in [1.54, 1.807) is 0 Å². The molecule has 0 aliphatic heterocycles. The molecule has 1 aliphatic carbocycles. The van der Waals surface area contributed by atoms with Crippen LogP contribution in [0, 0.1) is 0 Å². The Kier molecular flexibility index (Phi) is 5.39. The number of hydrogen-bond donors (Lipinski definition) is 1. The van der Waals surface area contributed by atoms with Crippen LogP contribution in [0.4, 0.5) is 0 Å². The molecule has 2 rings (SSSR count). The quantitative estimate of drug-likeness (QED) is 0.757. The van der Waals surface area contributed by atoms with Crippen LogP contribution >= 0.6 is 11.8 Å². The van der Waals surface area contributed by atoms with Crippen LogP contribution in [0.5, 0.6) is 0 Å². The summed E-state index contributed by atoms with van der Waals surface area (Å²) in [5.41, 5.74) is 0. The molecule has 0 saturated heterocycles. The van der Waals surface area contributed by atoms with E-state index in [0.717, 1.165) is 24.4 Å². The Hall–Kier alpha value is -0.480. The third-order valence-electron chi connectivity index (χ3n) is 3.39. The van der Waals surface area contributed by atoms with E-state index in [4.69, 9.17) is 0 Å². The molecule has 96 valence electrons. The van der Waals surface area contributed by atoms with E-state index in [1.807, 2.05) is 18.7 Å². The molecule has 1 aliphatic rings.